The lowest BCUT2D eigenvalue weighted by molar-refractivity contribution is 0.237. The van der Waals surface area contributed by atoms with Crippen LogP contribution in [0.5, 0.6) is 0 Å². The number of aromatic nitrogens is 3. The van der Waals surface area contributed by atoms with Gasteiger partial charge in [0.25, 0.3) is 0 Å². The lowest BCUT2D eigenvalue weighted by atomic mass is 9.82. The Morgan fingerprint density at radius 3 is 2.88 bits per heavy atom. The molecule has 1 aliphatic carbocycles. The first kappa shape index (κ1) is 12.6. The third kappa shape index (κ3) is 2.86. The minimum Gasteiger partial charge on any atom is -0.319 e. The predicted octanol–water partition coefficient (Wildman–Crippen LogP) is 2.43. The highest BCUT2D eigenvalue weighted by Gasteiger charge is 2.25. The van der Waals surface area contributed by atoms with Gasteiger partial charge in [-0.1, -0.05) is 26.2 Å². The number of rotatable bonds is 4. The van der Waals surface area contributed by atoms with Crippen LogP contribution in [0.4, 0.5) is 0 Å². The summed E-state index contributed by atoms with van der Waals surface area (Å²) in [6, 6.07) is 0.945. The Hall–Kier alpha value is -0.900. The van der Waals surface area contributed by atoms with Crippen molar-refractivity contribution in [2.75, 3.05) is 0 Å². The maximum absolute atomic E-state index is 4.18. The second kappa shape index (κ2) is 5.63. The van der Waals surface area contributed by atoms with Crippen molar-refractivity contribution in [2.24, 2.45) is 13.0 Å². The van der Waals surface area contributed by atoms with E-state index in [1.165, 1.54) is 32.1 Å². The normalized spacial score (nSPS) is 27.0. The summed E-state index contributed by atoms with van der Waals surface area (Å²) in [4.78, 5) is 0. The summed E-state index contributed by atoms with van der Waals surface area (Å²) in [6.07, 6.45) is 8.49. The predicted molar refractivity (Wildman–Crippen MR) is 68.6 cm³/mol. The molecular weight excluding hydrogens is 212 g/mol. The molecule has 0 saturated heterocycles. The maximum atomic E-state index is 4.18. The van der Waals surface area contributed by atoms with E-state index in [4.69, 9.17) is 0 Å². The lowest BCUT2D eigenvalue weighted by Gasteiger charge is -2.33. The molecule has 4 nitrogen and oxygen atoms in total. The molecule has 0 aromatic carbocycles. The smallest absolute Gasteiger partial charge is 0.149 e. The summed E-state index contributed by atoms with van der Waals surface area (Å²) in [5.41, 5.74) is 0. The summed E-state index contributed by atoms with van der Waals surface area (Å²) < 4.78 is 2.00. The van der Waals surface area contributed by atoms with Crippen LogP contribution in [0, 0.1) is 5.92 Å². The van der Waals surface area contributed by atoms with Gasteiger partial charge in [0.2, 0.25) is 0 Å². The monoisotopic (exact) mass is 236 g/mol. The molecule has 17 heavy (non-hydrogen) atoms. The Labute approximate surface area is 104 Å². The van der Waals surface area contributed by atoms with Crippen LogP contribution >= 0.6 is 0 Å². The van der Waals surface area contributed by atoms with Crippen molar-refractivity contribution in [3.8, 4) is 0 Å². The van der Waals surface area contributed by atoms with E-state index in [-0.39, 0.29) is 0 Å². The van der Waals surface area contributed by atoms with Crippen LogP contribution in [0.2, 0.25) is 0 Å². The highest BCUT2D eigenvalue weighted by molar-refractivity contribution is 4.94. The molecule has 0 bridgehead atoms. The Kier molecular flexibility index (Phi) is 4.15. The van der Waals surface area contributed by atoms with E-state index >= 15 is 0 Å². The maximum Gasteiger partial charge on any atom is 0.149 e. The first-order valence-corrected chi connectivity index (χ1v) is 6.82. The molecule has 1 aromatic rings. The number of nitrogens with zero attached hydrogens (tertiary/aromatic N) is 3. The summed E-state index contributed by atoms with van der Waals surface area (Å²) in [6.45, 7) is 4.49. The molecule has 0 spiro atoms. The molecule has 2 rings (SSSR count). The fourth-order valence-electron chi connectivity index (χ4n) is 3.00. The zero-order valence-corrected chi connectivity index (χ0v) is 11.2. The minimum atomic E-state index is 0.291. The van der Waals surface area contributed by atoms with E-state index in [9.17, 15) is 0 Å². The largest absolute Gasteiger partial charge is 0.319 e. The van der Waals surface area contributed by atoms with Crippen molar-refractivity contribution in [1.29, 1.82) is 0 Å². The molecule has 1 fully saturated rings. The van der Waals surface area contributed by atoms with Gasteiger partial charge < -0.3 is 9.88 Å². The molecule has 1 N–H and O–H groups in total. The van der Waals surface area contributed by atoms with Crippen molar-refractivity contribution in [3.05, 3.63) is 12.2 Å². The van der Waals surface area contributed by atoms with Gasteiger partial charge >= 0.3 is 0 Å². The van der Waals surface area contributed by atoms with Gasteiger partial charge in [0, 0.05) is 13.1 Å². The third-order valence-electron chi connectivity index (χ3n) is 4.03. The number of aryl methyl sites for hydroxylation is 1. The van der Waals surface area contributed by atoms with Crippen LogP contribution in [0.1, 0.15) is 57.8 Å². The Bertz CT molecular complexity index is 347. The molecule has 96 valence electrons. The molecule has 0 radical (unpaired) electrons. The van der Waals surface area contributed by atoms with Crippen LogP contribution < -0.4 is 5.32 Å². The van der Waals surface area contributed by atoms with Crippen molar-refractivity contribution < 1.29 is 0 Å². The molecule has 0 amide bonds. The van der Waals surface area contributed by atoms with Gasteiger partial charge in [-0.2, -0.15) is 0 Å². The quantitative estimate of drug-likeness (QED) is 0.873. The number of nitrogens with one attached hydrogen (secondary N) is 1. The first-order valence-electron chi connectivity index (χ1n) is 6.82. The number of hydrogen-bond donors (Lipinski definition) is 1. The van der Waals surface area contributed by atoms with Crippen LogP contribution in [0.25, 0.3) is 0 Å². The van der Waals surface area contributed by atoms with Gasteiger partial charge in [0.15, 0.2) is 0 Å². The molecule has 1 aromatic heterocycles. The van der Waals surface area contributed by atoms with Crippen LogP contribution in [0.15, 0.2) is 6.33 Å². The van der Waals surface area contributed by atoms with Crippen LogP contribution in [-0.2, 0) is 7.05 Å². The highest BCUT2D eigenvalue weighted by atomic mass is 15.3. The summed E-state index contributed by atoms with van der Waals surface area (Å²) in [5.74, 6) is 1.87. The first-order chi connectivity index (χ1) is 8.22. The van der Waals surface area contributed by atoms with E-state index in [0.29, 0.717) is 12.1 Å². The Morgan fingerprint density at radius 2 is 2.24 bits per heavy atom. The molecule has 1 aliphatic rings. The molecule has 0 aliphatic heterocycles. The molecule has 3 atom stereocenters. The van der Waals surface area contributed by atoms with Crippen LogP contribution in [0.3, 0.4) is 0 Å². The van der Waals surface area contributed by atoms with Crippen molar-refractivity contribution in [1.82, 2.24) is 20.1 Å². The average molecular weight is 236 g/mol. The SMILES string of the molecule is CCC1CCCCC1NC(C)c1nncn1C. The van der Waals surface area contributed by atoms with Gasteiger partial charge in [-0.05, 0) is 25.7 Å². The fraction of sp³-hybridized carbons (Fsp3) is 0.846. The van der Waals surface area contributed by atoms with E-state index in [1.807, 2.05) is 11.6 Å². The standard InChI is InChI=1S/C13H24N4/c1-4-11-7-5-6-8-12(11)15-10(2)13-16-14-9-17(13)3/h9-12,15H,4-8H2,1-3H3. The second-order valence-corrected chi connectivity index (χ2v) is 5.25. The summed E-state index contributed by atoms with van der Waals surface area (Å²) >= 11 is 0. The van der Waals surface area contributed by atoms with Crippen LogP contribution in [-0.4, -0.2) is 20.8 Å². The van der Waals surface area contributed by atoms with Crippen molar-refractivity contribution in [2.45, 2.75) is 58.0 Å². The van der Waals surface area contributed by atoms with E-state index < -0.39 is 0 Å². The fourth-order valence-corrected chi connectivity index (χ4v) is 3.00. The minimum absolute atomic E-state index is 0.291. The molecule has 3 unspecified atom stereocenters. The topological polar surface area (TPSA) is 42.7 Å². The van der Waals surface area contributed by atoms with Gasteiger partial charge in [-0.15, -0.1) is 10.2 Å². The zero-order valence-electron chi connectivity index (χ0n) is 11.2. The van der Waals surface area contributed by atoms with E-state index in [1.54, 1.807) is 6.33 Å². The van der Waals surface area contributed by atoms with Crippen molar-refractivity contribution >= 4 is 0 Å². The van der Waals surface area contributed by atoms with Gasteiger partial charge in [-0.25, -0.2) is 0 Å². The highest BCUT2D eigenvalue weighted by Crippen LogP contribution is 2.28. The second-order valence-electron chi connectivity index (χ2n) is 5.25. The molecule has 1 saturated carbocycles. The summed E-state index contributed by atoms with van der Waals surface area (Å²) in [7, 11) is 2.01. The summed E-state index contributed by atoms with van der Waals surface area (Å²) in [5, 5.41) is 11.9. The molecule has 1 heterocycles. The van der Waals surface area contributed by atoms with E-state index in [0.717, 1.165) is 11.7 Å². The van der Waals surface area contributed by atoms with Gasteiger partial charge in [-0.3, -0.25) is 0 Å². The van der Waals surface area contributed by atoms with E-state index in [2.05, 4.69) is 29.4 Å². The Balaban J connectivity index is 1.97. The zero-order chi connectivity index (χ0) is 12.3. The van der Waals surface area contributed by atoms with Gasteiger partial charge in [0.1, 0.15) is 12.2 Å². The molecule has 4 heteroatoms. The van der Waals surface area contributed by atoms with Gasteiger partial charge in [0.05, 0.1) is 6.04 Å². The average Bonchev–Trinajstić information content (AvgIpc) is 2.76. The van der Waals surface area contributed by atoms with Crippen molar-refractivity contribution in [3.63, 3.8) is 0 Å². The number of hydrogen-bond acceptors (Lipinski definition) is 3. The Morgan fingerprint density at radius 1 is 1.47 bits per heavy atom. The lowest BCUT2D eigenvalue weighted by Crippen LogP contribution is -2.40. The molecular formula is C13H24N4. The third-order valence-corrected chi connectivity index (χ3v) is 4.03.